The van der Waals surface area contributed by atoms with Crippen molar-refractivity contribution in [1.82, 2.24) is 9.97 Å². The minimum atomic E-state index is -0.361. The number of amides is 1. The van der Waals surface area contributed by atoms with Gasteiger partial charge in [0.15, 0.2) is 0 Å². The first-order chi connectivity index (χ1) is 9.02. The summed E-state index contributed by atoms with van der Waals surface area (Å²) in [5.74, 6) is 1.40. The molecule has 0 unspecified atom stereocenters. The number of methoxy groups -OCH3 is 1. The second-order valence-electron chi connectivity index (χ2n) is 5.09. The minimum absolute atomic E-state index is 0.00923. The Morgan fingerprint density at radius 1 is 1.58 bits per heavy atom. The SMILES string of the molecule is CO[C@H]1C[C@@H](C(N)=O)N(c2ccnc(C(C)C)n2)C1. The predicted octanol–water partition coefficient (Wildman–Crippen LogP) is 0.679. The molecule has 1 fully saturated rings. The lowest BCUT2D eigenvalue weighted by atomic mass is 10.2. The molecule has 6 heteroatoms. The van der Waals surface area contributed by atoms with E-state index >= 15 is 0 Å². The van der Waals surface area contributed by atoms with Crippen LogP contribution in [0.3, 0.4) is 0 Å². The number of ether oxygens (including phenoxy) is 1. The van der Waals surface area contributed by atoms with Crippen molar-refractivity contribution in [3.63, 3.8) is 0 Å². The van der Waals surface area contributed by atoms with Crippen molar-refractivity contribution in [2.24, 2.45) is 5.73 Å². The van der Waals surface area contributed by atoms with Gasteiger partial charge in [-0.1, -0.05) is 13.8 Å². The topological polar surface area (TPSA) is 81.3 Å². The number of nitrogens with two attached hydrogens (primary N) is 1. The van der Waals surface area contributed by atoms with E-state index < -0.39 is 0 Å². The van der Waals surface area contributed by atoms with Crippen LogP contribution in [0.4, 0.5) is 5.82 Å². The Hall–Kier alpha value is -1.69. The monoisotopic (exact) mass is 264 g/mol. The van der Waals surface area contributed by atoms with Gasteiger partial charge in [0.05, 0.1) is 6.10 Å². The van der Waals surface area contributed by atoms with E-state index in [4.69, 9.17) is 10.5 Å². The summed E-state index contributed by atoms with van der Waals surface area (Å²) in [6.45, 7) is 4.69. The highest BCUT2D eigenvalue weighted by molar-refractivity contribution is 5.84. The third-order valence-corrected chi connectivity index (χ3v) is 3.39. The fourth-order valence-corrected chi connectivity index (χ4v) is 2.29. The van der Waals surface area contributed by atoms with Crippen LogP contribution in [0.15, 0.2) is 12.3 Å². The van der Waals surface area contributed by atoms with Crippen LogP contribution in [0.25, 0.3) is 0 Å². The van der Waals surface area contributed by atoms with Gasteiger partial charge in [0, 0.05) is 32.2 Å². The maximum atomic E-state index is 11.5. The van der Waals surface area contributed by atoms with Crippen LogP contribution in [0.2, 0.25) is 0 Å². The summed E-state index contributed by atoms with van der Waals surface area (Å²) in [5.41, 5.74) is 5.46. The number of carbonyl (C=O) groups excluding carboxylic acids is 1. The minimum Gasteiger partial charge on any atom is -0.380 e. The van der Waals surface area contributed by atoms with Gasteiger partial charge in [0.1, 0.15) is 17.7 Å². The number of hydrogen-bond donors (Lipinski definition) is 1. The molecule has 1 aromatic rings. The van der Waals surface area contributed by atoms with Crippen LogP contribution in [-0.2, 0) is 9.53 Å². The van der Waals surface area contributed by atoms with Gasteiger partial charge in [-0.25, -0.2) is 9.97 Å². The summed E-state index contributed by atoms with van der Waals surface area (Å²) in [6, 6.07) is 1.44. The molecule has 2 heterocycles. The van der Waals surface area contributed by atoms with Crippen LogP contribution in [0, 0.1) is 0 Å². The van der Waals surface area contributed by atoms with Crippen LogP contribution in [0.1, 0.15) is 32.0 Å². The van der Waals surface area contributed by atoms with E-state index in [0.29, 0.717) is 13.0 Å². The first-order valence-corrected chi connectivity index (χ1v) is 6.44. The molecule has 1 saturated heterocycles. The van der Waals surface area contributed by atoms with Crippen molar-refractivity contribution in [2.45, 2.75) is 38.3 Å². The lowest BCUT2D eigenvalue weighted by Crippen LogP contribution is -2.40. The summed E-state index contributed by atoms with van der Waals surface area (Å²) in [7, 11) is 1.64. The molecule has 0 aliphatic carbocycles. The number of primary amides is 1. The smallest absolute Gasteiger partial charge is 0.240 e. The van der Waals surface area contributed by atoms with Crippen molar-refractivity contribution < 1.29 is 9.53 Å². The van der Waals surface area contributed by atoms with Crippen molar-refractivity contribution >= 4 is 11.7 Å². The van der Waals surface area contributed by atoms with Crippen molar-refractivity contribution in [1.29, 1.82) is 0 Å². The van der Waals surface area contributed by atoms with Gasteiger partial charge in [-0.2, -0.15) is 0 Å². The molecule has 104 valence electrons. The molecule has 1 amide bonds. The van der Waals surface area contributed by atoms with Crippen molar-refractivity contribution in [3.05, 3.63) is 18.1 Å². The van der Waals surface area contributed by atoms with Gasteiger partial charge < -0.3 is 15.4 Å². The van der Waals surface area contributed by atoms with Gasteiger partial charge in [0.25, 0.3) is 0 Å². The Kier molecular flexibility index (Phi) is 3.99. The Labute approximate surface area is 113 Å². The summed E-state index contributed by atoms with van der Waals surface area (Å²) in [5, 5.41) is 0. The molecule has 1 aromatic heterocycles. The molecule has 0 spiro atoms. The van der Waals surface area contributed by atoms with Gasteiger partial charge >= 0.3 is 0 Å². The first kappa shape index (κ1) is 13.7. The Bertz CT molecular complexity index is 464. The van der Waals surface area contributed by atoms with Gasteiger partial charge in [0.2, 0.25) is 5.91 Å². The van der Waals surface area contributed by atoms with E-state index in [1.54, 1.807) is 19.4 Å². The standard InChI is InChI=1S/C13H20N4O2/c1-8(2)13-15-5-4-11(16-13)17-7-9(19-3)6-10(17)12(14)18/h4-5,8-10H,6-7H2,1-3H3,(H2,14,18)/t9-,10-/m0/s1. The Balaban J connectivity index is 2.28. The van der Waals surface area contributed by atoms with Crippen LogP contribution in [-0.4, -0.2) is 41.7 Å². The summed E-state index contributed by atoms with van der Waals surface area (Å²) in [6.07, 6.45) is 2.33. The van der Waals surface area contributed by atoms with Crippen molar-refractivity contribution in [2.75, 3.05) is 18.6 Å². The van der Waals surface area contributed by atoms with E-state index in [9.17, 15) is 4.79 Å². The lowest BCUT2D eigenvalue weighted by molar-refractivity contribution is -0.119. The fraction of sp³-hybridized carbons (Fsp3) is 0.615. The zero-order chi connectivity index (χ0) is 14.0. The fourth-order valence-electron chi connectivity index (χ4n) is 2.29. The molecule has 19 heavy (non-hydrogen) atoms. The molecule has 0 saturated carbocycles. The second-order valence-corrected chi connectivity index (χ2v) is 5.09. The average molecular weight is 264 g/mol. The van der Waals surface area contributed by atoms with E-state index in [1.165, 1.54) is 0 Å². The number of rotatable bonds is 4. The van der Waals surface area contributed by atoms with Gasteiger partial charge in [-0.15, -0.1) is 0 Å². The molecule has 1 aliphatic rings. The molecule has 2 N–H and O–H groups in total. The molecule has 6 nitrogen and oxygen atoms in total. The summed E-state index contributed by atoms with van der Waals surface area (Å²) >= 11 is 0. The maximum Gasteiger partial charge on any atom is 0.240 e. The Morgan fingerprint density at radius 2 is 2.32 bits per heavy atom. The number of anilines is 1. The maximum absolute atomic E-state index is 11.5. The van der Waals surface area contributed by atoms with Gasteiger partial charge in [-0.05, 0) is 6.07 Å². The normalized spacial score (nSPS) is 23.1. The van der Waals surface area contributed by atoms with Crippen LogP contribution in [0.5, 0.6) is 0 Å². The average Bonchev–Trinajstić information content (AvgIpc) is 2.83. The molecule has 0 radical (unpaired) electrons. The van der Waals surface area contributed by atoms with Crippen LogP contribution < -0.4 is 10.6 Å². The third kappa shape index (κ3) is 2.84. The number of nitrogens with zero attached hydrogens (tertiary/aromatic N) is 3. The largest absolute Gasteiger partial charge is 0.380 e. The summed E-state index contributed by atoms with van der Waals surface area (Å²) in [4.78, 5) is 22.2. The zero-order valence-corrected chi connectivity index (χ0v) is 11.5. The molecular weight excluding hydrogens is 244 g/mol. The second kappa shape index (κ2) is 5.52. The van der Waals surface area contributed by atoms with Crippen molar-refractivity contribution in [3.8, 4) is 0 Å². The quantitative estimate of drug-likeness (QED) is 0.864. The van der Waals surface area contributed by atoms with E-state index in [1.807, 2.05) is 18.7 Å². The Morgan fingerprint density at radius 3 is 2.89 bits per heavy atom. The third-order valence-electron chi connectivity index (χ3n) is 3.39. The molecule has 2 rings (SSSR count). The highest BCUT2D eigenvalue weighted by Gasteiger charge is 2.36. The number of aromatic nitrogens is 2. The summed E-state index contributed by atoms with van der Waals surface area (Å²) < 4.78 is 5.33. The van der Waals surface area contributed by atoms with Crippen LogP contribution >= 0.6 is 0 Å². The van der Waals surface area contributed by atoms with E-state index in [-0.39, 0.29) is 24.0 Å². The number of carbonyl (C=O) groups is 1. The highest BCUT2D eigenvalue weighted by atomic mass is 16.5. The van der Waals surface area contributed by atoms with E-state index in [0.717, 1.165) is 11.6 Å². The molecule has 0 aromatic carbocycles. The molecular formula is C13H20N4O2. The zero-order valence-electron chi connectivity index (χ0n) is 11.5. The molecule has 0 bridgehead atoms. The highest BCUT2D eigenvalue weighted by Crippen LogP contribution is 2.26. The van der Waals surface area contributed by atoms with E-state index in [2.05, 4.69) is 9.97 Å². The van der Waals surface area contributed by atoms with Gasteiger partial charge in [-0.3, -0.25) is 4.79 Å². The molecule has 2 atom stereocenters. The molecule has 1 aliphatic heterocycles. The first-order valence-electron chi connectivity index (χ1n) is 6.44. The predicted molar refractivity (Wildman–Crippen MR) is 71.9 cm³/mol. The number of hydrogen-bond acceptors (Lipinski definition) is 5. The lowest BCUT2D eigenvalue weighted by Gasteiger charge is -2.23.